The maximum Gasteiger partial charge on any atom is 0.244 e. The van der Waals surface area contributed by atoms with Gasteiger partial charge in [-0.15, -0.1) is 0 Å². The third kappa shape index (κ3) is 4.31. The van der Waals surface area contributed by atoms with Crippen LogP contribution in [0.3, 0.4) is 0 Å². The van der Waals surface area contributed by atoms with Crippen molar-refractivity contribution in [3.63, 3.8) is 0 Å². The van der Waals surface area contributed by atoms with Crippen molar-refractivity contribution in [2.24, 2.45) is 0 Å². The molecule has 1 aromatic heterocycles. The molecule has 2 saturated heterocycles. The van der Waals surface area contributed by atoms with Gasteiger partial charge in [-0.05, 0) is 36.4 Å². The number of nitrogens with zero attached hydrogens (tertiary/aromatic N) is 4. The lowest BCUT2D eigenvalue weighted by atomic mass is 10.2. The fourth-order valence-electron chi connectivity index (χ4n) is 3.63. The number of rotatable bonds is 5. The molecule has 8 nitrogen and oxygen atoms in total. The van der Waals surface area contributed by atoms with E-state index < -0.39 is 10.0 Å². The maximum atomic E-state index is 12.7. The molecule has 4 rings (SSSR count). The quantitative estimate of drug-likeness (QED) is 0.727. The van der Waals surface area contributed by atoms with Crippen LogP contribution in [0.2, 0.25) is 0 Å². The summed E-state index contributed by atoms with van der Waals surface area (Å²) in [5, 5.41) is 0. The predicted molar refractivity (Wildman–Crippen MR) is 111 cm³/mol. The second kappa shape index (κ2) is 8.56. The van der Waals surface area contributed by atoms with E-state index in [1.165, 1.54) is 16.2 Å². The van der Waals surface area contributed by atoms with Gasteiger partial charge in [-0.25, -0.2) is 13.4 Å². The average molecular weight is 419 g/mol. The molecule has 2 aromatic rings. The molecular formula is C20H26N4O4S. The Bertz CT molecular complexity index is 905. The number of anilines is 2. The number of pyridine rings is 1. The van der Waals surface area contributed by atoms with Crippen molar-refractivity contribution < 1.29 is 17.9 Å². The van der Waals surface area contributed by atoms with Gasteiger partial charge in [-0.1, -0.05) is 0 Å². The first-order chi connectivity index (χ1) is 14.1. The van der Waals surface area contributed by atoms with Gasteiger partial charge >= 0.3 is 0 Å². The lowest BCUT2D eigenvalue weighted by Crippen LogP contribution is -2.46. The predicted octanol–water partition coefficient (Wildman–Crippen LogP) is 1.44. The minimum Gasteiger partial charge on any atom is -0.497 e. The lowest BCUT2D eigenvalue weighted by molar-refractivity contribution is 0.0730. The molecule has 0 unspecified atom stereocenters. The van der Waals surface area contributed by atoms with Crippen LogP contribution >= 0.6 is 0 Å². The van der Waals surface area contributed by atoms with E-state index in [2.05, 4.69) is 26.9 Å². The monoisotopic (exact) mass is 418 g/mol. The molecule has 0 bridgehead atoms. The summed E-state index contributed by atoms with van der Waals surface area (Å²) in [5.41, 5.74) is 1.17. The zero-order chi connectivity index (χ0) is 20.3. The van der Waals surface area contributed by atoms with E-state index in [4.69, 9.17) is 9.47 Å². The molecule has 0 spiro atoms. The number of aromatic nitrogens is 1. The van der Waals surface area contributed by atoms with Crippen LogP contribution in [0.15, 0.2) is 47.5 Å². The van der Waals surface area contributed by atoms with E-state index in [-0.39, 0.29) is 4.90 Å². The Morgan fingerprint density at radius 1 is 0.897 bits per heavy atom. The molecule has 2 aliphatic rings. The van der Waals surface area contributed by atoms with Gasteiger partial charge in [0.25, 0.3) is 0 Å². The lowest BCUT2D eigenvalue weighted by Gasteiger charge is -2.36. The van der Waals surface area contributed by atoms with Gasteiger partial charge in [0.1, 0.15) is 16.5 Å². The summed E-state index contributed by atoms with van der Waals surface area (Å²) < 4.78 is 37.4. The molecule has 0 amide bonds. The average Bonchev–Trinajstić information content (AvgIpc) is 2.80. The first kappa shape index (κ1) is 19.9. The minimum atomic E-state index is -3.51. The van der Waals surface area contributed by atoms with Crippen LogP contribution in [0.1, 0.15) is 0 Å². The van der Waals surface area contributed by atoms with Crippen molar-refractivity contribution in [1.29, 1.82) is 0 Å². The number of sulfonamides is 1. The van der Waals surface area contributed by atoms with Gasteiger partial charge in [0.15, 0.2) is 0 Å². The third-order valence-corrected chi connectivity index (χ3v) is 7.25. The summed E-state index contributed by atoms with van der Waals surface area (Å²) in [6, 6.07) is 11.5. The highest BCUT2D eigenvalue weighted by Crippen LogP contribution is 2.23. The van der Waals surface area contributed by atoms with Crippen LogP contribution in [0.5, 0.6) is 5.75 Å². The van der Waals surface area contributed by atoms with Crippen LogP contribution in [0.4, 0.5) is 11.5 Å². The van der Waals surface area contributed by atoms with E-state index in [1.54, 1.807) is 19.2 Å². The Morgan fingerprint density at radius 2 is 1.55 bits per heavy atom. The molecule has 0 N–H and O–H groups in total. The Morgan fingerprint density at radius 3 is 2.14 bits per heavy atom. The second-order valence-electron chi connectivity index (χ2n) is 7.04. The van der Waals surface area contributed by atoms with Gasteiger partial charge in [0.05, 0.1) is 20.3 Å². The SMILES string of the molecule is COc1ccc(N2CCN(c3ccc(S(=O)(=O)N4CCOCC4)cn3)CC2)cc1. The molecular weight excluding hydrogens is 392 g/mol. The Kier molecular flexibility index (Phi) is 5.89. The number of piperazine rings is 1. The van der Waals surface area contributed by atoms with Crippen molar-refractivity contribution in [3.8, 4) is 5.75 Å². The van der Waals surface area contributed by atoms with E-state index in [1.807, 2.05) is 12.1 Å². The summed E-state index contributed by atoms with van der Waals surface area (Å²) in [7, 11) is -1.84. The first-order valence-electron chi connectivity index (χ1n) is 9.76. The topological polar surface area (TPSA) is 75.2 Å². The molecule has 156 valence electrons. The molecule has 1 aromatic carbocycles. The summed E-state index contributed by atoms with van der Waals surface area (Å²) in [4.78, 5) is 9.19. The van der Waals surface area contributed by atoms with Crippen molar-refractivity contribution in [2.45, 2.75) is 4.90 Å². The highest BCUT2D eigenvalue weighted by Gasteiger charge is 2.27. The fourth-order valence-corrected chi connectivity index (χ4v) is 4.99. The van der Waals surface area contributed by atoms with Crippen molar-refractivity contribution in [3.05, 3.63) is 42.6 Å². The summed E-state index contributed by atoms with van der Waals surface area (Å²) >= 11 is 0. The van der Waals surface area contributed by atoms with E-state index in [9.17, 15) is 8.42 Å². The number of hydrogen-bond acceptors (Lipinski definition) is 7. The molecule has 29 heavy (non-hydrogen) atoms. The largest absolute Gasteiger partial charge is 0.497 e. The number of benzene rings is 1. The summed E-state index contributed by atoms with van der Waals surface area (Å²) in [6.07, 6.45) is 1.47. The number of morpholine rings is 1. The molecule has 9 heteroatoms. The molecule has 2 aliphatic heterocycles. The van der Waals surface area contributed by atoms with Gasteiger partial charge in [0.2, 0.25) is 10.0 Å². The van der Waals surface area contributed by atoms with E-state index >= 15 is 0 Å². The van der Waals surface area contributed by atoms with Gasteiger partial charge in [-0.3, -0.25) is 0 Å². The second-order valence-corrected chi connectivity index (χ2v) is 8.98. The van der Waals surface area contributed by atoms with Gasteiger partial charge in [-0.2, -0.15) is 4.31 Å². The highest BCUT2D eigenvalue weighted by atomic mass is 32.2. The van der Waals surface area contributed by atoms with Crippen molar-refractivity contribution >= 4 is 21.5 Å². The summed E-state index contributed by atoms with van der Waals surface area (Å²) in [6.45, 7) is 5.05. The van der Waals surface area contributed by atoms with Crippen LogP contribution in [0.25, 0.3) is 0 Å². The van der Waals surface area contributed by atoms with Crippen molar-refractivity contribution in [2.75, 3.05) is 69.4 Å². The van der Waals surface area contributed by atoms with E-state index in [0.29, 0.717) is 26.3 Å². The minimum absolute atomic E-state index is 0.236. The van der Waals surface area contributed by atoms with Crippen LogP contribution in [0, 0.1) is 0 Å². The van der Waals surface area contributed by atoms with Gasteiger partial charge in [0, 0.05) is 51.2 Å². The number of hydrogen-bond donors (Lipinski definition) is 0. The summed E-state index contributed by atoms with van der Waals surface area (Å²) in [5.74, 6) is 1.66. The number of ether oxygens (including phenoxy) is 2. The molecule has 0 saturated carbocycles. The zero-order valence-electron chi connectivity index (χ0n) is 16.5. The smallest absolute Gasteiger partial charge is 0.244 e. The standard InChI is InChI=1S/C20H26N4O4S/c1-27-18-4-2-17(3-5-18)22-8-10-23(11-9-22)20-7-6-19(16-21-20)29(25,26)24-12-14-28-15-13-24/h2-7,16H,8-15H2,1H3. The van der Waals surface area contributed by atoms with Crippen molar-refractivity contribution in [1.82, 2.24) is 9.29 Å². The highest BCUT2D eigenvalue weighted by molar-refractivity contribution is 7.89. The maximum absolute atomic E-state index is 12.7. The van der Waals surface area contributed by atoms with Gasteiger partial charge < -0.3 is 19.3 Å². The van der Waals surface area contributed by atoms with E-state index in [0.717, 1.165) is 37.7 Å². The third-order valence-electron chi connectivity index (χ3n) is 5.37. The molecule has 2 fully saturated rings. The number of methoxy groups -OCH3 is 1. The Labute approximate surface area is 171 Å². The molecule has 0 radical (unpaired) electrons. The molecule has 3 heterocycles. The zero-order valence-corrected chi connectivity index (χ0v) is 17.3. The van der Waals surface area contributed by atoms with Crippen LogP contribution in [-0.4, -0.2) is 77.3 Å². The normalized spacial score (nSPS) is 18.7. The Balaban J connectivity index is 1.38. The van der Waals surface area contributed by atoms with Crippen LogP contribution in [-0.2, 0) is 14.8 Å². The molecule has 0 aliphatic carbocycles. The Hall–Kier alpha value is -2.36. The first-order valence-corrected chi connectivity index (χ1v) is 11.2. The van der Waals surface area contributed by atoms with Crippen LogP contribution < -0.4 is 14.5 Å². The fraction of sp³-hybridized carbons (Fsp3) is 0.450. The molecule has 0 atom stereocenters.